The van der Waals surface area contributed by atoms with Gasteiger partial charge in [-0.25, -0.2) is 0 Å². The van der Waals surface area contributed by atoms with Crippen molar-refractivity contribution in [1.82, 2.24) is 14.7 Å². The molecule has 1 atom stereocenters. The third-order valence-electron chi connectivity index (χ3n) is 5.47. The van der Waals surface area contributed by atoms with E-state index in [2.05, 4.69) is 5.10 Å². The lowest BCUT2D eigenvalue weighted by Crippen LogP contribution is -2.48. The van der Waals surface area contributed by atoms with E-state index in [9.17, 15) is 9.90 Å². The van der Waals surface area contributed by atoms with Crippen LogP contribution < -0.4 is 4.74 Å². The first-order chi connectivity index (χ1) is 14.1. The summed E-state index contributed by atoms with van der Waals surface area (Å²) in [6.45, 7) is 1.55. The van der Waals surface area contributed by atoms with Crippen molar-refractivity contribution in [2.45, 2.75) is 25.0 Å². The molecule has 0 radical (unpaired) electrons. The van der Waals surface area contributed by atoms with Crippen molar-refractivity contribution in [2.24, 2.45) is 0 Å². The Labute approximate surface area is 170 Å². The highest BCUT2D eigenvalue weighted by Gasteiger charge is 2.38. The molecule has 1 aliphatic rings. The van der Waals surface area contributed by atoms with Gasteiger partial charge >= 0.3 is 0 Å². The Morgan fingerprint density at radius 3 is 2.69 bits per heavy atom. The molecule has 1 aromatic heterocycles. The Morgan fingerprint density at radius 2 is 1.97 bits per heavy atom. The minimum Gasteiger partial charge on any atom is -0.496 e. The van der Waals surface area contributed by atoms with Crippen molar-refractivity contribution in [2.75, 3.05) is 20.2 Å². The van der Waals surface area contributed by atoms with Gasteiger partial charge in [0.2, 0.25) is 0 Å². The molecule has 6 heteroatoms. The molecular formula is C23H25N3O3. The van der Waals surface area contributed by atoms with Crippen molar-refractivity contribution in [3.8, 4) is 5.75 Å². The lowest BCUT2D eigenvalue weighted by Gasteiger charge is -2.40. The van der Waals surface area contributed by atoms with Crippen LogP contribution in [0.15, 0.2) is 67.0 Å². The van der Waals surface area contributed by atoms with Gasteiger partial charge in [-0.3, -0.25) is 9.48 Å². The average molecular weight is 391 g/mol. The van der Waals surface area contributed by atoms with Crippen molar-refractivity contribution >= 4 is 5.91 Å². The van der Waals surface area contributed by atoms with E-state index in [1.54, 1.807) is 18.2 Å². The van der Waals surface area contributed by atoms with Gasteiger partial charge in [-0.05, 0) is 42.7 Å². The summed E-state index contributed by atoms with van der Waals surface area (Å²) in [5.74, 6) is 0.580. The summed E-state index contributed by atoms with van der Waals surface area (Å²) in [4.78, 5) is 14.8. The summed E-state index contributed by atoms with van der Waals surface area (Å²) in [5.41, 5.74) is 1.32. The molecule has 2 heterocycles. The van der Waals surface area contributed by atoms with Crippen molar-refractivity contribution < 1.29 is 14.6 Å². The fourth-order valence-electron chi connectivity index (χ4n) is 3.97. The second-order valence-corrected chi connectivity index (χ2v) is 7.46. The summed E-state index contributed by atoms with van der Waals surface area (Å²) in [6, 6.07) is 16.9. The van der Waals surface area contributed by atoms with E-state index in [1.807, 2.05) is 65.5 Å². The average Bonchev–Trinajstić information content (AvgIpc) is 3.27. The van der Waals surface area contributed by atoms with Crippen molar-refractivity contribution in [3.63, 3.8) is 0 Å². The number of methoxy groups -OCH3 is 1. The lowest BCUT2D eigenvalue weighted by molar-refractivity contribution is -0.0303. The first kappa shape index (κ1) is 19.2. The first-order valence-electron chi connectivity index (χ1n) is 9.80. The molecule has 0 unspecified atom stereocenters. The third-order valence-corrected chi connectivity index (χ3v) is 5.47. The fourth-order valence-corrected chi connectivity index (χ4v) is 3.97. The maximum absolute atomic E-state index is 13.1. The zero-order chi connectivity index (χ0) is 20.3. The zero-order valence-electron chi connectivity index (χ0n) is 16.5. The summed E-state index contributed by atoms with van der Waals surface area (Å²) >= 11 is 0. The van der Waals surface area contributed by atoms with Crippen LogP contribution in [0.2, 0.25) is 0 Å². The van der Waals surface area contributed by atoms with E-state index in [0.717, 1.165) is 17.5 Å². The van der Waals surface area contributed by atoms with Crippen LogP contribution in [-0.2, 0) is 12.1 Å². The number of carbonyl (C=O) groups is 1. The maximum atomic E-state index is 13.1. The second kappa shape index (κ2) is 8.09. The number of hydrogen-bond donors (Lipinski definition) is 1. The highest BCUT2D eigenvalue weighted by Crippen LogP contribution is 2.37. The Kier molecular flexibility index (Phi) is 5.36. The van der Waals surface area contributed by atoms with E-state index in [1.165, 1.54) is 0 Å². The molecule has 1 aliphatic heterocycles. The van der Waals surface area contributed by atoms with Gasteiger partial charge in [0.15, 0.2) is 0 Å². The number of aromatic nitrogens is 2. The minimum atomic E-state index is -1.11. The Balaban J connectivity index is 1.50. The smallest absolute Gasteiger partial charge is 0.253 e. The van der Waals surface area contributed by atoms with Crippen LogP contribution in [0.1, 0.15) is 34.3 Å². The number of β-amino-alcohol motifs (C(OH)–C–C–N with tert-alkyl or cyclic N) is 1. The van der Waals surface area contributed by atoms with Crippen LogP contribution in [-0.4, -0.2) is 45.9 Å². The third kappa shape index (κ3) is 4.03. The largest absolute Gasteiger partial charge is 0.496 e. The molecule has 0 aliphatic carbocycles. The number of carbonyl (C=O) groups excluding carboxylic acids is 1. The number of benzene rings is 2. The van der Waals surface area contributed by atoms with Gasteiger partial charge < -0.3 is 14.7 Å². The van der Waals surface area contributed by atoms with Crippen LogP contribution >= 0.6 is 0 Å². The number of likely N-dealkylation sites (tertiary alicyclic amines) is 1. The number of para-hydroxylation sites is 1. The lowest BCUT2D eigenvalue weighted by atomic mass is 9.85. The topological polar surface area (TPSA) is 67.6 Å². The molecule has 0 bridgehead atoms. The van der Waals surface area contributed by atoms with Gasteiger partial charge in [0.25, 0.3) is 5.91 Å². The van der Waals surface area contributed by atoms with Crippen LogP contribution in [0.3, 0.4) is 0 Å². The van der Waals surface area contributed by atoms with Crippen LogP contribution in [0, 0.1) is 0 Å². The molecular weight excluding hydrogens is 366 g/mol. The molecule has 0 saturated carbocycles. The summed E-state index contributed by atoms with van der Waals surface area (Å²) in [6.07, 6.45) is 4.99. The van der Waals surface area contributed by atoms with E-state index < -0.39 is 5.60 Å². The second-order valence-electron chi connectivity index (χ2n) is 7.46. The monoisotopic (exact) mass is 391 g/mol. The summed E-state index contributed by atoms with van der Waals surface area (Å²) in [7, 11) is 1.60. The van der Waals surface area contributed by atoms with Crippen LogP contribution in [0.4, 0.5) is 0 Å². The highest BCUT2D eigenvalue weighted by molar-refractivity contribution is 5.94. The molecule has 2 aromatic carbocycles. The van der Waals surface area contributed by atoms with Gasteiger partial charge in [0.05, 0.1) is 20.2 Å². The van der Waals surface area contributed by atoms with Crippen LogP contribution in [0.5, 0.6) is 5.75 Å². The number of piperidine rings is 1. The number of aliphatic hydroxyl groups is 1. The van der Waals surface area contributed by atoms with Gasteiger partial charge in [-0.1, -0.05) is 30.3 Å². The minimum absolute atomic E-state index is 0.0661. The number of ether oxygens (including phenoxy) is 1. The molecule has 1 saturated heterocycles. The van der Waals surface area contributed by atoms with E-state index in [4.69, 9.17) is 4.74 Å². The number of rotatable bonds is 5. The molecule has 0 spiro atoms. The molecule has 3 aromatic rings. The molecule has 6 nitrogen and oxygen atoms in total. The Bertz CT molecular complexity index is 969. The Hall–Kier alpha value is -3.12. The molecule has 1 fully saturated rings. The van der Waals surface area contributed by atoms with E-state index in [0.29, 0.717) is 30.8 Å². The van der Waals surface area contributed by atoms with Crippen LogP contribution in [0.25, 0.3) is 0 Å². The van der Waals surface area contributed by atoms with E-state index in [-0.39, 0.29) is 12.5 Å². The van der Waals surface area contributed by atoms with Gasteiger partial charge in [0.1, 0.15) is 11.4 Å². The summed E-state index contributed by atoms with van der Waals surface area (Å²) in [5, 5.41) is 15.5. The number of nitrogens with zero attached hydrogens (tertiary/aromatic N) is 3. The predicted octanol–water partition coefficient (Wildman–Crippen LogP) is 3.06. The fraction of sp³-hybridized carbons (Fsp3) is 0.304. The van der Waals surface area contributed by atoms with E-state index >= 15 is 0 Å². The molecule has 1 N–H and O–H groups in total. The Morgan fingerprint density at radius 1 is 1.17 bits per heavy atom. The molecule has 1 amide bonds. The van der Waals surface area contributed by atoms with Crippen molar-refractivity contribution in [3.05, 3.63) is 83.7 Å². The highest BCUT2D eigenvalue weighted by atomic mass is 16.5. The SMILES string of the molecule is COc1ccccc1[C@@]1(O)CCCN(C(=O)c2ccc(Cn3cccn3)cc2)C1. The quantitative estimate of drug-likeness (QED) is 0.726. The number of hydrogen-bond acceptors (Lipinski definition) is 4. The molecule has 4 rings (SSSR count). The zero-order valence-corrected chi connectivity index (χ0v) is 16.5. The number of amides is 1. The van der Waals surface area contributed by atoms with Gasteiger partial charge in [-0.15, -0.1) is 0 Å². The van der Waals surface area contributed by atoms with Gasteiger partial charge in [-0.2, -0.15) is 5.10 Å². The summed E-state index contributed by atoms with van der Waals surface area (Å²) < 4.78 is 7.27. The molecule has 29 heavy (non-hydrogen) atoms. The predicted molar refractivity (Wildman–Crippen MR) is 110 cm³/mol. The standard InChI is InChI=1S/C23H25N3O3/c1-29-21-7-3-2-6-20(21)23(28)12-4-14-25(17-23)22(27)19-10-8-18(9-11-19)16-26-15-5-13-24-26/h2-3,5-11,13,15,28H,4,12,14,16-17H2,1H3/t23-/m1/s1. The molecule has 150 valence electrons. The van der Waals surface area contributed by atoms with Gasteiger partial charge in [0, 0.05) is 30.1 Å². The normalized spacial score (nSPS) is 19.2. The van der Waals surface area contributed by atoms with Crippen molar-refractivity contribution in [1.29, 1.82) is 0 Å². The maximum Gasteiger partial charge on any atom is 0.253 e. The first-order valence-corrected chi connectivity index (χ1v) is 9.80.